The average Bonchev–Trinajstić information content (AvgIpc) is 3.31. The topological polar surface area (TPSA) is 0 Å². The van der Waals surface area contributed by atoms with Crippen molar-refractivity contribution < 1.29 is 42.2 Å². The molecule has 2 aromatic carbocycles. The molecule has 2 aromatic rings. The minimum Gasteiger partial charge on any atom is -1.00 e. The normalized spacial score (nSPS) is 16.2. The van der Waals surface area contributed by atoms with E-state index in [1.807, 2.05) is 3.81 Å². The number of hydrogen-bond acceptors (Lipinski definition) is 0. The maximum absolute atomic E-state index is 2.58. The van der Waals surface area contributed by atoms with Gasteiger partial charge in [0, 0.05) is 0 Å². The number of aryl methyl sites for hydroxylation is 2. The maximum atomic E-state index is 2.58. The summed E-state index contributed by atoms with van der Waals surface area (Å²) in [6.45, 7) is 4.53. The first kappa shape index (κ1) is 22.8. The summed E-state index contributed by atoms with van der Waals surface area (Å²) in [5, 5.41) is 0. The Hall–Kier alpha value is -0.916. The van der Waals surface area contributed by atoms with Gasteiger partial charge < -0.3 is 24.8 Å². The average molecular weight is 459 g/mol. The molecule has 1 fully saturated rings. The van der Waals surface area contributed by atoms with Crippen molar-refractivity contribution in [2.24, 2.45) is 0 Å². The second-order valence-corrected chi connectivity index (χ2v) is 12.7. The van der Waals surface area contributed by atoms with Gasteiger partial charge in [-0.15, -0.1) is 0 Å². The van der Waals surface area contributed by atoms with Crippen LogP contribution in [0.4, 0.5) is 0 Å². The zero-order valence-corrected chi connectivity index (χ0v) is 20.4. The molecule has 0 unspecified atom stereocenters. The monoisotopic (exact) mass is 458 g/mol. The maximum Gasteiger partial charge on any atom is -1.00 e. The Kier molecular flexibility index (Phi) is 7.44. The predicted molar refractivity (Wildman–Crippen MR) is 114 cm³/mol. The Balaban J connectivity index is 0.00000120. The van der Waals surface area contributed by atoms with E-state index in [9.17, 15) is 0 Å². The van der Waals surface area contributed by atoms with Gasteiger partial charge in [-0.05, 0) is 0 Å². The van der Waals surface area contributed by atoms with Crippen LogP contribution in [-0.4, -0.2) is 3.81 Å². The summed E-state index contributed by atoms with van der Waals surface area (Å²) in [6.07, 6.45) is 16.5. The second kappa shape index (κ2) is 9.48. The van der Waals surface area contributed by atoms with E-state index in [1.54, 1.807) is 13.3 Å². The van der Waals surface area contributed by atoms with Crippen LogP contribution in [0.3, 0.4) is 0 Å². The summed E-state index contributed by atoms with van der Waals surface area (Å²) in [5.74, 6) is 0. The second-order valence-electron chi connectivity index (χ2n) is 8.54. The number of fused-ring (bicyclic) bond motifs is 3. The molecular weight excluding hydrogens is 431 g/mol. The molecule has 150 valence electrons. The number of halogens is 2. The van der Waals surface area contributed by atoms with Crippen molar-refractivity contribution in [1.29, 1.82) is 0 Å². The summed E-state index contributed by atoms with van der Waals surface area (Å²) in [5.41, 5.74) is 9.07. The Morgan fingerprint density at radius 2 is 1.59 bits per heavy atom. The molecular formula is C26H28Cl2Ti. The molecule has 3 aliphatic rings. The van der Waals surface area contributed by atoms with Crippen LogP contribution in [0.2, 0.25) is 0 Å². The van der Waals surface area contributed by atoms with Gasteiger partial charge in [-0.3, -0.25) is 0 Å². The molecule has 5 rings (SSSR count). The van der Waals surface area contributed by atoms with E-state index in [0.29, 0.717) is 0 Å². The van der Waals surface area contributed by atoms with E-state index >= 15 is 0 Å². The van der Waals surface area contributed by atoms with Gasteiger partial charge in [-0.1, -0.05) is 0 Å². The fraction of sp³-hybridized carbons (Fsp3) is 0.346. The molecule has 3 heteroatoms. The summed E-state index contributed by atoms with van der Waals surface area (Å²) < 4.78 is 5.51. The number of rotatable bonds is 2. The summed E-state index contributed by atoms with van der Waals surface area (Å²) >= 11 is -1.58. The molecule has 1 saturated carbocycles. The van der Waals surface area contributed by atoms with Gasteiger partial charge >= 0.3 is 170 Å². The van der Waals surface area contributed by atoms with Gasteiger partial charge in [0.05, 0.1) is 0 Å². The Bertz CT molecular complexity index is 1020. The molecule has 0 aliphatic heterocycles. The number of allylic oxidation sites excluding steroid dienone is 4. The van der Waals surface area contributed by atoms with Gasteiger partial charge in [0.15, 0.2) is 0 Å². The summed E-state index contributed by atoms with van der Waals surface area (Å²) in [6, 6.07) is 12.1. The summed E-state index contributed by atoms with van der Waals surface area (Å²) in [7, 11) is 0. The van der Waals surface area contributed by atoms with Gasteiger partial charge in [0.25, 0.3) is 0 Å². The van der Waals surface area contributed by atoms with Gasteiger partial charge in [0.2, 0.25) is 0 Å². The van der Waals surface area contributed by atoms with Gasteiger partial charge in [-0.2, -0.15) is 0 Å². The van der Waals surface area contributed by atoms with Crippen LogP contribution in [0.1, 0.15) is 60.8 Å². The van der Waals surface area contributed by atoms with E-state index in [4.69, 9.17) is 0 Å². The Labute approximate surface area is 193 Å². The van der Waals surface area contributed by atoms with E-state index in [2.05, 4.69) is 62.4 Å². The molecule has 0 N–H and O–H groups in total. The Morgan fingerprint density at radius 1 is 0.828 bits per heavy atom. The van der Waals surface area contributed by atoms with E-state index in [0.717, 1.165) is 6.42 Å². The van der Waals surface area contributed by atoms with Crippen molar-refractivity contribution in [2.75, 3.05) is 0 Å². The Morgan fingerprint density at radius 3 is 2.31 bits per heavy atom. The van der Waals surface area contributed by atoms with Crippen molar-refractivity contribution >= 4 is 7.68 Å². The first-order valence-corrected chi connectivity index (χ1v) is 12.9. The molecule has 0 spiro atoms. The first-order valence-electron chi connectivity index (χ1n) is 10.5. The minimum absolute atomic E-state index is 0. The van der Waals surface area contributed by atoms with Crippen LogP contribution in [0.25, 0.3) is 11.1 Å². The standard InChI is InChI=1S/C15H13.C6H10.C5H5.2ClH.Ti/c1-10-3-5-12-9-13-6-4-11(2)8-15(13)14(12)7-10;1-2-4-6-5-3-1;1-2-4-5-3-1;;;/h3-5,7-8H,9H2,1-2H3;1-5H2;1-3H,4H2;2*1H;/q;;;;;+2/p-2. The van der Waals surface area contributed by atoms with Crippen molar-refractivity contribution in [1.82, 2.24) is 0 Å². The van der Waals surface area contributed by atoms with Crippen LogP contribution in [0.15, 0.2) is 52.4 Å². The third-order valence-electron chi connectivity index (χ3n) is 6.49. The molecule has 0 saturated heterocycles. The largest absolute Gasteiger partial charge is 1.00 e. The minimum atomic E-state index is -1.58. The third kappa shape index (κ3) is 4.28. The van der Waals surface area contributed by atoms with Gasteiger partial charge in [0.1, 0.15) is 0 Å². The molecule has 29 heavy (non-hydrogen) atoms. The van der Waals surface area contributed by atoms with Crippen LogP contribution in [0.5, 0.6) is 0 Å². The van der Waals surface area contributed by atoms with Crippen molar-refractivity contribution in [2.45, 2.75) is 58.8 Å². The zero-order valence-electron chi connectivity index (χ0n) is 17.3. The van der Waals surface area contributed by atoms with Gasteiger partial charge in [-0.25, -0.2) is 0 Å². The quantitative estimate of drug-likeness (QED) is 0.478. The molecule has 0 atom stereocenters. The molecule has 0 aromatic heterocycles. The fourth-order valence-electron chi connectivity index (χ4n) is 5.21. The fourth-order valence-corrected chi connectivity index (χ4v) is 10.7. The van der Waals surface area contributed by atoms with Crippen molar-refractivity contribution in [3.63, 3.8) is 0 Å². The predicted octanol–water partition coefficient (Wildman–Crippen LogP) is 0.106. The number of benzene rings is 2. The molecule has 0 nitrogen and oxygen atoms in total. The molecule has 0 radical (unpaired) electrons. The van der Waals surface area contributed by atoms with E-state index in [1.165, 1.54) is 66.3 Å². The van der Waals surface area contributed by atoms with Crippen LogP contribution in [0, 0.1) is 13.8 Å². The van der Waals surface area contributed by atoms with E-state index < -0.39 is 17.4 Å². The molecule has 3 aliphatic carbocycles. The van der Waals surface area contributed by atoms with Crippen LogP contribution < -0.4 is 28.7 Å². The van der Waals surface area contributed by atoms with Crippen molar-refractivity contribution in [3.8, 4) is 11.1 Å². The van der Waals surface area contributed by atoms with Crippen molar-refractivity contribution in [3.05, 3.63) is 74.7 Å². The smallest absolute Gasteiger partial charge is 1.00 e. The SMILES string of the molecule is Cc1ccc2c(c1)-c1cc(C)c[c]([Ti+2]([C]3=CC=CC3)=[C]3CCCCC3)c1C2.[Cl-].[Cl-]. The third-order valence-corrected chi connectivity index (χ3v) is 11.5. The molecule has 0 heterocycles. The van der Waals surface area contributed by atoms with E-state index in [-0.39, 0.29) is 24.8 Å². The molecule has 0 amide bonds. The van der Waals surface area contributed by atoms with Crippen LogP contribution in [-0.2, 0) is 23.8 Å². The van der Waals surface area contributed by atoms with Crippen LogP contribution >= 0.6 is 0 Å². The molecule has 0 bridgehead atoms. The summed E-state index contributed by atoms with van der Waals surface area (Å²) in [4.78, 5) is 0. The zero-order chi connectivity index (χ0) is 18.4. The number of hydrogen-bond donors (Lipinski definition) is 0. The first-order chi connectivity index (χ1) is 13.2.